The number of ketones is 3. The first-order valence-corrected chi connectivity index (χ1v) is 23.9. The van der Waals surface area contributed by atoms with Crippen molar-refractivity contribution in [3.63, 3.8) is 0 Å². The van der Waals surface area contributed by atoms with Crippen LogP contribution in [0.25, 0.3) is 0 Å². The van der Waals surface area contributed by atoms with E-state index in [4.69, 9.17) is 23.7 Å². The van der Waals surface area contributed by atoms with Crippen molar-refractivity contribution in [3.05, 3.63) is 47.6 Å². The van der Waals surface area contributed by atoms with Gasteiger partial charge < -0.3 is 43.9 Å². The molecule has 3 heterocycles. The van der Waals surface area contributed by atoms with Gasteiger partial charge in [0.25, 0.3) is 11.7 Å². The van der Waals surface area contributed by atoms with E-state index < -0.39 is 83.9 Å². The number of aliphatic hydroxyl groups is 3. The van der Waals surface area contributed by atoms with Crippen LogP contribution in [0.5, 0.6) is 0 Å². The van der Waals surface area contributed by atoms with E-state index in [1.54, 1.807) is 41.1 Å². The minimum absolute atomic E-state index is 0.0193. The number of amides is 1. The molecular weight excluding hydrogens is 835 g/mol. The molecule has 3 fully saturated rings. The predicted molar refractivity (Wildman–Crippen MR) is 245 cm³/mol. The Hall–Kier alpha value is -3.37. The van der Waals surface area contributed by atoms with E-state index in [1.807, 2.05) is 58.1 Å². The number of fused-ring (bicyclic) bond motifs is 3. The highest BCUT2D eigenvalue weighted by molar-refractivity contribution is 6.39. The summed E-state index contributed by atoms with van der Waals surface area (Å²) in [5.74, 6) is -7.96. The van der Waals surface area contributed by atoms with Crippen LogP contribution in [0.15, 0.2) is 47.6 Å². The molecule has 1 saturated carbocycles. The van der Waals surface area contributed by atoms with Crippen molar-refractivity contribution < 1.29 is 63.0 Å². The summed E-state index contributed by atoms with van der Waals surface area (Å²) in [6.45, 7) is 12.7. The summed E-state index contributed by atoms with van der Waals surface area (Å²) in [5, 5.41) is 33.8. The lowest BCUT2D eigenvalue weighted by atomic mass is 9.78. The third-order valence-electron chi connectivity index (χ3n) is 14.5. The maximum atomic E-state index is 14.4. The Bertz CT molecular complexity index is 1760. The number of hydrogen-bond donors (Lipinski definition) is 3. The van der Waals surface area contributed by atoms with Gasteiger partial charge in [0.1, 0.15) is 30.1 Å². The fourth-order valence-electron chi connectivity index (χ4n) is 10.1. The van der Waals surface area contributed by atoms with Gasteiger partial charge >= 0.3 is 5.97 Å². The summed E-state index contributed by atoms with van der Waals surface area (Å²) in [5.41, 5.74) is 1.27. The van der Waals surface area contributed by atoms with Gasteiger partial charge in [-0.3, -0.25) is 19.2 Å². The lowest BCUT2D eigenvalue weighted by Crippen LogP contribution is -2.61. The predicted octanol–water partition coefficient (Wildman–Crippen LogP) is 6.18. The Labute approximate surface area is 387 Å². The first-order valence-electron chi connectivity index (χ1n) is 23.9. The molecule has 3 N–H and O–H groups in total. The van der Waals surface area contributed by atoms with Crippen molar-refractivity contribution in [1.29, 1.82) is 0 Å². The lowest BCUT2D eigenvalue weighted by Gasteiger charge is -2.42. The van der Waals surface area contributed by atoms with E-state index in [0.29, 0.717) is 63.4 Å². The average molecular weight is 914 g/mol. The number of allylic oxidation sites excluding steroid dienone is 6. The van der Waals surface area contributed by atoms with Gasteiger partial charge in [0.05, 0.1) is 24.4 Å². The standard InChI is InChI=1S/C51H79NO13/c1-30-16-12-11-13-17-31(2)42(61-8)28-38-21-19-36(7)51(60,65-38)48(57)49(58)52-23-15-14-18-39(52)50(59)64-43(33(4)26-37-20-22-40(53)44(27-37)62-9)29-41(54)32(3)25-35(6)46(56)47(63-10)45(55)34(5)24-30/h11-13,16-17,25,30,32-34,36-40,42-44,46-47,53,56,60H,14-15,18-24,26-29H2,1-10H3/t30?,32?,33-,34?,36?,37+,38?,39?,40-,42?,43?,44-,46?,47?,51?/m1/s1. The molecule has 366 valence electrons. The Morgan fingerprint density at radius 3 is 2.25 bits per heavy atom. The van der Waals surface area contributed by atoms with Crippen LogP contribution in [0.3, 0.4) is 0 Å². The third-order valence-corrected chi connectivity index (χ3v) is 14.5. The van der Waals surface area contributed by atoms with E-state index in [2.05, 4.69) is 0 Å². The summed E-state index contributed by atoms with van der Waals surface area (Å²) in [6.07, 6.45) is 11.2. The van der Waals surface area contributed by atoms with Gasteiger partial charge in [-0.25, -0.2) is 4.79 Å². The maximum Gasteiger partial charge on any atom is 0.329 e. The number of carbonyl (C=O) groups is 5. The van der Waals surface area contributed by atoms with E-state index in [1.165, 1.54) is 12.0 Å². The van der Waals surface area contributed by atoms with Gasteiger partial charge in [-0.1, -0.05) is 71.1 Å². The zero-order chi connectivity index (χ0) is 48.2. The first kappa shape index (κ1) is 54.2. The minimum atomic E-state index is -2.43. The number of esters is 1. The Morgan fingerprint density at radius 1 is 0.846 bits per heavy atom. The molecule has 0 aromatic heterocycles. The molecule has 2 saturated heterocycles. The molecule has 11 unspecified atom stereocenters. The quantitative estimate of drug-likeness (QED) is 0.156. The summed E-state index contributed by atoms with van der Waals surface area (Å²) < 4.78 is 29.4. The summed E-state index contributed by atoms with van der Waals surface area (Å²) >= 11 is 0. The van der Waals surface area contributed by atoms with Gasteiger partial charge in [-0.2, -0.15) is 0 Å². The number of rotatable bonds is 6. The van der Waals surface area contributed by atoms with Crippen LogP contribution >= 0.6 is 0 Å². The van der Waals surface area contributed by atoms with E-state index in [-0.39, 0.29) is 54.8 Å². The molecule has 1 amide bonds. The molecule has 4 aliphatic rings. The van der Waals surface area contributed by atoms with Gasteiger partial charge in [0.15, 0.2) is 5.78 Å². The number of methoxy groups -OCH3 is 3. The summed E-state index contributed by atoms with van der Waals surface area (Å²) in [4.78, 5) is 71.8. The normalized spacial score (nSPS) is 37.8. The van der Waals surface area contributed by atoms with Crippen molar-refractivity contribution in [2.24, 2.45) is 35.5 Å². The number of nitrogens with zero attached hydrogens (tertiary/aromatic N) is 1. The largest absolute Gasteiger partial charge is 0.460 e. The molecule has 4 rings (SSSR count). The number of carbonyl (C=O) groups excluding carboxylic acids is 5. The van der Waals surface area contributed by atoms with Crippen molar-refractivity contribution in [1.82, 2.24) is 4.90 Å². The molecule has 0 aromatic carbocycles. The fraction of sp³-hybridized carbons (Fsp3) is 0.745. The number of piperidine rings is 1. The summed E-state index contributed by atoms with van der Waals surface area (Å²) in [7, 11) is 4.52. The van der Waals surface area contributed by atoms with Crippen LogP contribution in [0, 0.1) is 35.5 Å². The third kappa shape index (κ3) is 14.3. The van der Waals surface area contributed by atoms with Crippen molar-refractivity contribution >= 4 is 29.2 Å². The Morgan fingerprint density at radius 2 is 1.57 bits per heavy atom. The zero-order valence-electron chi connectivity index (χ0n) is 40.6. The highest BCUT2D eigenvalue weighted by atomic mass is 16.6. The number of ether oxygens (including phenoxy) is 5. The monoisotopic (exact) mass is 914 g/mol. The van der Waals surface area contributed by atoms with E-state index in [9.17, 15) is 39.3 Å². The molecule has 14 nitrogen and oxygen atoms in total. The SMILES string of the molecule is COC1CC2CCC(C)C(O)(O2)C(=O)C(=O)N2CCCCC2C(=O)OC([C@H](C)C[C@@H]2CC[C@@H](O)[C@H](OC)C2)CC(=O)C(C)C=C(C)C(O)C(OC)C(=O)C(C)CC(C)C=CC=CC=C1C. The van der Waals surface area contributed by atoms with Crippen LogP contribution in [0.1, 0.15) is 126 Å². The average Bonchev–Trinajstić information content (AvgIpc) is 3.28. The molecule has 14 heteroatoms. The molecule has 15 atom stereocenters. The number of aliphatic hydroxyl groups excluding tert-OH is 2. The zero-order valence-corrected chi connectivity index (χ0v) is 40.6. The lowest BCUT2D eigenvalue weighted by molar-refractivity contribution is -0.265. The molecule has 65 heavy (non-hydrogen) atoms. The highest BCUT2D eigenvalue weighted by Crippen LogP contribution is 2.38. The fourth-order valence-corrected chi connectivity index (χ4v) is 10.1. The highest BCUT2D eigenvalue weighted by Gasteiger charge is 2.53. The Balaban J connectivity index is 1.70. The minimum Gasteiger partial charge on any atom is -0.460 e. The van der Waals surface area contributed by atoms with Crippen molar-refractivity contribution in [2.75, 3.05) is 27.9 Å². The topological polar surface area (TPSA) is 195 Å². The Kier molecular flexibility index (Phi) is 21.0. The van der Waals surface area contributed by atoms with Crippen LogP contribution in [-0.4, -0.2) is 132 Å². The van der Waals surface area contributed by atoms with Crippen LogP contribution in [-0.2, 0) is 47.7 Å². The molecule has 0 aromatic rings. The molecule has 0 radical (unpaired) electrons. The smallest absolute Gasteiger partial charge is 0.329 e. The second-order valence-electron chi connectivity index (χ2n) is 19.6. The van der Waals surface area contributed by atoms with E-state index in [0.717, 1.165) is 12.0 Å². The van der Waals surface area contributed by atoms with Crippen LogP contribution < -0.4 is 0 Å². The summed E-state index contributed by atoms with van der Waals surface area (Å²) in [6, 6.07) is -1.14. The molecular formula is C51H79NO13. The number of Topliss-reactive ketones (excluding diaryl/α,β-unsaturated/α-hetero) is 3. The second-order valence-corrected chi connectivity index (χ2v) is 19.6. The molecule has 2 bridgehead atoms. The molecule has 0 spiro atoms. The van der Waals surface area contributed by atoms with Crippen molar-refractivity contribution in [2.45, 2.75) is 180 Å². The second kappa shape index (κ2) is 25.1. The van der Waals surface area contributed by atoms with Crippen molar-refractivity contribution in [3.8, 4) is 0 Å². The molecule has 1 aliphatic carbocycles. The number of hydrogen-bond acceptors (Lipinski definition) is 13. The van der Waals surface area contributed by atoms with Crippen LogP contribution in [0.4, 0.5) is 0 Å². The number of cyclic esters (lactones) is 1. The molecule has 3 aliphatic heterocycles. The maximum absolute atomic E-state index is 14.4. The van der Waals surface area contributed by atoms with Crippen LogP contribution in [0.2, 0.25) is 0 Å². The van der Waals surface area contributed by atoms with Gasteiger partial charge in [-0.05, 0) is 107 Å². The van der Waals surface area contributed by atoms with Gasteiger partial charge in [0.2, 0.25) is 5.79 Å². The van der Waals surface area contributed by atoms with Gasteiger partial charge in [0, 0.05) is 58.5 Å². The first-order chi connectivity index (χ1) is 30.7. The van der Waals surface area contributed by atoms with E-state index >= 15 is 0 Å². The van der Waals surface area contributed by atoms with Gasteiger partial charge in [-0.15, -0.1) is 0 Å².